The molecule has 1 N–H and O–H groups in total. The molecule has 1 fully saturated rings. The minimum absolute atomic E-state index is 0.0472. The maximum absolute atomic E-state index is 12.2. The average Bonchev–Trinajstić information content (AvgIpc) is 3.26. The van der Waals surface area contributed by atoms with E-state index in [1.165, 1.54) is 5.56 Å². The van der Waals surface area contributed by atoms with Gasteiger partial charge in [-0.1, -0.05) is 29.4 Å². The number of amides is 1. The average molecular weight is 436 g/mol. The van der Waals surface area contributed by atoms with Gasteiger partial charge in [-0.3, -0.25) is 14.7 Å². The van der Waals surface area contributed by atoms with Crippen molar-refractivity contribution in [2.45, 2.75) is 52.0 Å². The molecule has 4 rings (SSSR count). The highest BCUT2D eigenvalue weighted by Gasteiger charge is 2.22. The van der Waals surface area contributed by atoms with Gasteiger partial charge in [0.25, 0.3) is 0 Å². The van der Waals surface area contributed by atoms with Gasteiger partial charge in [0.05, 0.1) is 12.2 Å². The summed E-state index contributed by atoms with van der Waals surface area (Å²) in [6, 6.07) is 12.0. The quantitative estimate of drug-likeness (QED) is 0.581. The van der Waals surface area contributed by atoms with Gasteiger partial charge in [0.15, 0.2) is 0 Å². The Balaban J connectivity index is 1.20. The van der Waals surface area contributed by atoms with Crippen molar-refractivity contribution >= 4 is 5.91 Å². The van der Waals surface area contributed by atoms with E-state index in [1.54, 1.807) is 12.4 Å². The van der Waals surface area contributed by atoms with Gasteiger partial charge < -0.3 is 14.6 Å². The molecule has 2 atom stereocenters. The zero-order chi connectivity index (χ0) is 22.3. The molecule has 8 heteroatoms. The number of carbonyl (C=O) groups excluding carboxylic acids is 1. The number of hydrogen-bond acceptors (Lipinski definition) is 7. The molecule has 1 aliphatic heterocycles. The first-order valence-electron chi connectivity index (χ1n) is 11.0. The molecule has 0 spiro atoms. The smallest absolute Gasteiger partial charge is 0.227 e. The van der Waals surface area contributed by atoms with E-state index in [1.807, 2.05) is 12.1 Å². The molecule has 2 aromatic heterocycles. The Morgan fingerprint density at radius 2 is 1.75 bits per heavy atom. The van der Waals surface area contributed by atoms with E-state index in [-0.39, 0.29) is 18.1 Å². The first kappa shape index (κ1) is 22.1. The number of benzene rings is 1. The lowest BCUT2D eigenvalue weighted by atomic mass is 10.1. The fourth-order valence-corrected chi connectivity index (χ4v) is 3.92. The Bertz CT molecular complexity index is 996. The van der Waals surface area contributed by atoms with Crippen LogP contribution < -0.4 is 5.32 Å². The predicted octanol–water partition coefficient (Wildman–Crippen LogP) is 2.99. The number of rotatable bonds is 8. The zero-order valence-corrected chi connectivity index (χ0v) is 18.5. The van der Waals surface area contributed by atoms with Crippen LogP contribution in [0, 0.1) is 0 Å². The highest BCUT2D eigenvalue weighted by Crippen LogP contribution is 2.16. The third-order valence-corrected chi connectivity index (χ3v) is 5.39. The number of ether oxygens (including phenoxy) is 1. The summed E-state index contributed by atoms with van der Waals surface area (Å²) in [6.45, 7) is 7.55. The first-order chi connectivity index (χ1) is 15.5. The third kappa shape index (κ3) is 6.21. The molecule has 1 aromatic carbocycles. The van der Waals surface area contributed by atoms with E-state index in [9.17, 15) is 4.79 Å². The topological polar surface area (TPSA) is 93.4 Å². The summed E-state index contributed by atoms with van der Waals surface area (Å²) >= 11 is 0. The lowest BCUT2D eigenvalue weighted by Gasteiger charge is -2.35. The summed E-state index contributed by atoms with van der Waals surface area (Å²) in [5.41, 5.74) is 3.17. The molecule has 3 heterocycles. The normalized spacial score (nSPS) is 19.1. The first-order valence-corrected chi connectivity index (χ1v) is 11.0. The third-order valence-electron chi connectivity index (χ3n) is 5.39. The van der Waals surface area contributed by atoms with E-state index < -0.39 is 0 Å². The zero-order valence-electron chi connectivity index (χ0n) is 18.5. The van der Waals surface area contributed by atoms with Gasteiger partial charge in [-0.15, -0.1) is 0 Å². The van der Waals surface area contributed by atoms with Crippen molar-refractivity contribution in [1.29, 1.82) is 0 Å². The highest BCUT2D eigenvalue weighted by molar-refractivity contribution is 5.76. The molecule has 8 nitrogen and oxygen atoms in total. The van der Waals surface area contributed by atoms with E-state index in [2.05, 4.69) is 63.5 Å². The van der Waals surface area contributed by atoms with Gasteiger partial charge >= 0.3 is 0 Å². The van der Waals surface area contributed by atoms with Crippen molar-refractivity contribution < 1.29 is 14.1 Å². The van der Waals surface area contributed by atoms with Crippen LogP contribution in [0.3, 0.4) is 0 Å². The minimum Gasteiger partial charge on any atom is -0.373 e. The summed E-state index contributed by atoms with van der Waals surface area (Å²) in [7, 11) is 0. The summed E-state index contributed by atoms with van der Waals surface area (Å²) in [5.74, 6) is 0.904. The highest BCUT2D eigenvalue weighted by atomic mass is 16.5. The molecule has 0 radical (unpaired) electrons. The standard InChI is InChI=1S/C24H29N5O3/c1-17-14-29(15-18(2)31-17)16-20-5-3-19(4-6-20)13-26-22(30)7-8-23-27-24(28-32-23)21-9-11-25-12-10-21/h3-6,9-12,17-18H,7-8,13-16H2,1-2H3,(H,26,30). The van der Waals surface area contributed by atoms with Crippen LogP contribution in [0.4, 0.5) is 0 Å². The Kier molecular flexibility index (Phi) is 7.24. The molecule has 168 valence electrons. The SMILES string of the molecule is CC1CN(Cc2ccc(CNC(=O)CCc3nc(-c4ccncc4)no3)cc2)CC(C)O1. The van der Waals surface area contributed by atoms with Crippen LogP contribution in [0.1, 0.15) is 37.3 Å². The molecule has 1 aliphatic rings. The number of aryl methyl sites for hydroxylation is 1. The van der Waals surface area contributed by atoms with Crippen LogP contribution in [-0.4, -0.2) is 51.2 Å². The van der Waals surface area contributed by atoms with E-state index in [0.717, 1.165) is 30.8 Å². The lowest BCUT2D eigenvalue weighted by molar-refractivity contribution is -0.121. The van der Waals surface area contributed by atoms with Crippen LogP contribution in [0.25, 0.3) is 11.4 Å². The van der Waals surface area contributed by atoms with Crippen LogP contribution in [0.15, 0.2) is 53.3 Å². The summed E-state index contributed by atoms with van der Waals surface area (Å²) < 4.78 is 11.0. The molecule has 1 amide bonds. The molecular weight excluding hydrogens is 406 g/mol. The fourth-order valence-electron chi connectivity index (χ4n) is 3.92. The fraction of sp³-hybridized carbons (Fsp3) is 0.417. The number of hydrogen-bond donors (Lipinski definition) is 1. The number of carbonyl (C=O) groups is 1. The summed E-state index contributed by atoms with van der Waals surface area (Å²) in [4.78, 5) is 23.0. The second kappa shape index (κ2) is 10.5. The Hall–Kier alpha value is -3.10. The number of nitrogens with zero attached hydrogens (tertiary/aromatic N) is 4. The van der Waals surface area contributed by atoms with Gasteiger partial charge in [-0.05, 0) is 37.1 Å². The molecule has 0 bridgehead atoms. The molecule has 1 saturated heterocycles. The number of aromatic nitrogens is 3. The van der Waals surface area contributed by atoms with Gasteiger partial charge in [-0.25, -0.2) is 0 Å². The molecule has 0 saturated carbocycles. The van der Waals surface area contributed by atoms with Crippen molar-refractivity contribution in [2.24, 2.45) is 0 Å². The number of pyridine rings is 1. The molecule has 2 unspecified atom stereocenters. The van der Waals surface area contributed by atoms with E-state index in [0.29, 0.717) is 31.1 Å². The monoisotopic (exact) mass is 435 g/mol. The Morgan fingerprint density at radius 3 is 2.47 bits per heavy atom. The lowest BCUT2D eigenvalue weighted by Crippen LogP contribution is -2.44. The number of nitrogens with one attached hydrogen (secondary N) is 1. The van der Waals surface area contributed by atoms with Crippen LogP contribution in [0.5, 0.6) is 0 Å². The molecule has 32 heavy (non-hydrogen) atoms. The second-order valence-electron chi connectivity index (χ2n) is 8.29. The summed E-state index contributed by atoms with van der Waals surface area (Å²) in [6.07, 6.45) is 4.58. The van der Waals surface area contributed by atoms with E-state index >= 15 is 0 Å². The minimum atomic E-state index is -0.0472. The van der Waals surface area contributed by atoms with Crippen LogP contribution in [-0.2, 0) is 29.0 Å². The molecule has 0 aliphatic carbocycles. The van der Waals surface area contributed by atoms with Crippen molar-refractivity contribution in [1.82, 2.24) is 25.3 Å². The second-order valence-corrected chi connectivity index (χ2v) is 8.29. The maximum Gasteiger partial charge on any atom is 0.227 e. The van der Waals surface area contributed by atoms with Crippen molar-refractivity contribution in [2.75, 3.05) is 13.1 Å². The van der Waals surface area contributed by atoms with Crippen molar-refractivity contribution in [3.63, 3.8) is 0 Å². The largest absolute Gasteiger partial charge is 0.373 e. The Morgan fingerprint density at radius 1 is 1.06 bits per heavy atom. The Labute approximate surface area is 188 Å². The maximum atomic E-state index is 12.2. The van der Waals surface area contributed by atoms with Crippen molar-refractivity contribution in [3.8, 4) is 11.4 Å². The predicted molar refractivity (Wildman–Crippen MR) is 119 cm³/mol. The number of morpholine rings is 1. The van der Waals surface area contributed by atoms with Gasteiger partial charge in [0.2, 0.25) is 17.6 Å². The van der Waals surface area contributed by atoms with Gasteiger partial charge in [0, 0.05) is 57.0 Å². The molecule has 3 aromatic rings. The molecular formula is C24H29N5O3. The van der Waals surface area contributed by atoms with Crippen molar-refractivity contribution in [3.05, 3.63) is 65.8 Å². The van der Waals surface area contributed by atoms with Crippen LogP contribution >= 0.6 is 0 Å². The van der Waals surface area contributed by atoms with Gasteiger partial charge in [0.1, 0.15) is 0 Å². The summed E-state index contributed by atoms with van der Waals surface area (Å²) in [5, 5.41) is 6.92. The van der Waals surface area contributed by atoms with Crippen LogP contribution in [0.2, 0.25) is 0 Å². The van der Waals surface area contributed by atoms with E-state index in [4.69, 9.17) is 9.26 Å². The van der Waals surface area contributed by atoms with Gasteiger partial charge in [-0.2, -0.15) is 4.98 Å².